The Morgan fingerprint density at radius 3 is 2.56 bits per heavy atom. The molecular formula is C27H27ClN4O4. The largest absolute Gasteiger partial charge is 0.493 e. The van der Waals surface area contributed by atoms with Crippen molar-refractivity contribution in [3.05, 3.63) is 77.3 Å². The number of aromatic amines is 1. The molecule has 0 bridgehead atoms. The van der Waals surface area contributed by atoms with Crippen molar-refractivity contribution in [3.63, 3.8) is 0 Å². The number of H-pyrrole nitrogens is 1. The van der Waals surface area contributed by atoms with E-state index in [1.807, 2.05) is 38.1 Å². The minimum Gasteiger partial charge on any atom is -0.493 e. The van der Waals surface area contributed by atoms with Gasteiger partial charge in [0, 0.05) is 23.2 Å². The summed E-state index contributed by atoms with van der Waals surface area (Å²) in [4.78, 5) is 31.9. The number of nitrogens with one attached hydrogen (secondary N) is 3. The van der Waals surface area contributed by atoms with E-state index in [1.54, 1.807) is 47.9 Å². The number of carbonyl (C=O) groups is 2. The van der Waals surface area contributed by atoms with Crippen molar-refractivity contribution in [1.29, 1.82) is 0 Å². The second kappa shape index (κ2) is 10.8. The lowest BCUT2D eigenvalue weighted by molar-refractivity contribution is -0.129. The highest BCUT2D eigenvalue weighted by Gasteiger charge is 2.20. The maximum atomic E-state index is 12.8. The van der Waals surface area contributed by atoms with Crippen molar-refractivity contribution in [2.45, 2.75) is 26.7 Å². The standard InChI is InChI=1S/C27H27ClN4O4/c1-27(2,14-13-24(33)32-35)16-36-19-10-7-17(8-11-19)26(34)29-18-9-12-21(28)20(15-18)25-30-22-5-3-4-6-23(22)31-25/h3-12,15,35H,13-14,16H2,1-2H3,(H,29,34)(H,30,31)(H,32,33). The quantitative estimate of drug-likeness (QED) is 0.168. The van der Waals surface area contributed by atoms with Gasteiger partial charge in [0.15, 0.2) is 0 Å². The number of anilines is 1. The van der Waals surface area contributed by atoms with E-state index in [0.717, 1.165) is 11.0 Å². The highest BCUT2D eigenvalue weighted by Crippen LogP contribution is 2.30. The van der Waals surface area contributed by atoms with Crippen molar-refractivity contribution in [3.8, 4) is 17.1 Å². The summed E-state index contributed by atoms with van der Waals surface area (Å²) in [6.07, 6.45) is 0.756. The molecule has 0 atom stereocenters. The molecule has 3 aromatic carbocycles. The minimum absolute atomic E-state index is 0.203. The van der Waals surface area contributed by atoms with Crippen LogP contribution < -0.4 is 15.5 Å². The van der Waals surface area contributed by atoms with Gasteiger partial charge in [-0.05, 0) is 66.4 Å². The van der Waals surface area contributed by atoms with E-state index in [9.17, 15) is 9.59 Å². The fourth-order valence-corrected chi connectivity index (χ4v) is 3.84. The second-order valence-electron chi connectivity index (χ2n) is 9.26. The van der Waals surface area contributed by atoms with Crippen molar-refractivity contribution in [2.75, 3.05) is 11.9 Å². The molecule has 2 amide bonds. The summed E-state index contributed by atoms with van der Waals surface area (Å²) in [5.74, 6) is 0.544. The third-order valence-electron chi connectivity index (χ3n) is 5.77. The van der Waals surface area contributed by atoms with E-state index in [2.05, 4.69) is 15.3 Å². The van der Waals surface area contributed by atoms with Crippen molar-refractivity contribution < 1.29 is 19.5 Å². The van der Waals surface area contributed by atoms with Gasteiger partial charge >= 0.3 is 0 Å². The topological polar surface area (TPSA) is 116 Å². The Labute approximate surface area is 213 Å². The number of imidazole rings is 1. The molecule has 4 N–H and O–H groups in total. The zero-order valence-electron chi connectivity index (χ0n) is 20.0. The molecule has 186 valence electrons. The van der Waals surface area contributed by atoms with E-state index >= 15 is 0 Å². The third kappa shape index (κ3) is 6.21. The SMILES string of the molecule is CC(C)(CCC(=O)NO)COc1ccc(C(=O)Nc2ccc(Cl)c(-c3nc4ccccc4[nH]3)c2)cc1. The zero-order chi connectivity index (χ0) is 25.7. The van der Waals surface area contributed by atoms with E-state index in [-0.39, 0.29) is 17.7 Å². The van der Waals surface area contributed by atoms with Crippen LogP contribution in [0.2, 0.25) is 5.02 Å². The molecule has 9 heteroatoms. The normalized spacial score (nSPS) is 11.3. The monoisotopic (exact) mass is 506 g/mol. The molecular weight excluding hydrogens is 480 g/mol. The molecule has 36 heavy (non-hydrogen) atoms. The number of ether oxygens (including phenoxy) is 1. The fourth-order valence-electron chi connectivity index (χ4n) is 3.63. The number of aromatic nitrogens is 2. The average Bonchev–Trinajstić information content (AvgIpc) is 3.31. The first kappa shape index (κ1) is 25.2. The molecule has 0 aliphatic carbocycles. The molecule has 0 saturated carbocycles. The molecule has 0 fully saturated rings. The number of carbonyl (C=O) groups excluding carboxylic acids is 2. The van der Waals surface area contributed by atoms with Crippen LogP contribution in [0.1, 0.15) is 37.0 Å². The number of benzene rings is 3. The fraction of sp³-hybridized carbons (Fsp3) is 0.222. The maximum Gasteiger partial charge on any atom is 0.255 e. The van der Waals surface area contributed by atoms with Crippen LogP contribution in [-0.2, 0) is 4.79 Å². The van der Waals surface area contributed by atoms with Crippen molar-refractivity contribution in [1.82, 2.24) is 15.4 Å². The highest BCUT2D eigenvalue weighted by atomic mass is 35.5. The van der Waals surface area contributed by atoms with Crippen LogP contribution in [0.15, 0.2) is 66.7 Å². The van der Waals surface area contributed by atoms with Crippen LogP contribution in [-0.4, -0.2) is 33.6 Å². The number of rotatable bonds is 9. The minimum atomic E-state index is -0.427. The van der Waals surface area contributed by atoms with Gasteiger partial charge in [-0.15, -0.1) is 0 Å². The molecule has 4 rings (SSSR count). The van der Waals surface area contributed by atoms with Crippen molar-refractivity contribution in [2.24, 2.45) is 5.41 Å². The first-order valence-corrected chi connectivity index (χ1v) is 11.8. The van der Waals surface area contributed by atoms with E-state index in [0.29, 0.717) is 46.4 Å². The number of amides is 2. The van der Waals surface area contributed by atoms with Gasteiger partial charge in [-0.2, -0.15) is 0 Å². The predicted octanol–water partition coefficient (Wildman–Crippen LogP) is 5.83. The number of para-hydroxylation sites is 2. The smallest absolute Gasteiger partial charge is 0.255 e. The molecule has 8 nitrogen and oxygen atoms in total. The van der Waals surface area contributed by atoms with Crippen LogP contribution >= 0.6 is 11.6 Å². The van der Waals surface area contributed by atoms with Crippen LogP contribution in [0.5, 0.6) is 5.75 Å². The summed E-state index contributed by atoms with van der Waals surface area (Å²) in [6, 6.07) is 19.8. The summed E-state index contributed by atoms with van der Waals surface area (Å²) in [5.41, 5.74) is 4.86. The molecule has 1 heterocycles. The number of hydroxylamine groups is 1. The van der Waals surface area contributed by atoms with Gasteiger partial charge in [0.1, 0.15) is 11.6 Å². The van der Waals surface area contributed by atoms with Crippen LogP contribution in [0.3, 0.4) is 0 Å². The number of hydrogen-bond acceptors (Lipinski definition) is 5. The summed E-state index contributed by atoms with van der Waals surface area (Å²) in [5, 5.41) is 12.1. The molecule has 0 radical (unpaired) electrons. The molecule has 0 aliphatic heterocycles. The van der Waals surface area contributed by atoms with E-state index in [4.69, 9.17) is 21.5 Å². The lowest BCUT2D eigenvalue weighted by Crippen LogP contribution is -2.26. The van der Waals surface area contributed by atoms with E-state index < -0.39 is 5.91 Å². The number of fused-ring (bicyclic) bond motifs is 1. The first-order chi connectivity index (χ1) is 17.2. The van der Waals surface area contributed by atoms with E-state index in [1.165, 1.54) is 0 Å². The molecule has 1 aromatic heterocycles. The highest BCUT2D eigenvalue weighted by molar-refractivity contribution is 6.33. The lowest BCUT2D eigenvalue weighted by atomic mass is 9.89. The summed E-state index contributed by atoms with van der Waals surface area (Å²) in [6.45, 7) is 4.34. The summed E-state index contributed by atoms with van der Waals surface area (Å²) < 4.78 is 5.84. The Bertz CT molecular complexity index is 1350. The van der Waals surface area contributed by atoms with Crippen LogP contribution in [0.25, 0.3) is 22.4 Å². The van der Waals surface area contributed by atoms with Crippen LogP contribution in [0, 0.1) is 5.41 Å². The molecule has 0 aliphatic rings. The number of hydrogen-bond donors (Lipinski definition) is 4. The lowest BCUT2D eigenvalue weighted by Gasteiger charge is -2.24. The Morgan fingerprint density at radius 1 is 1.08 bits per heavy atom. The van der Waals surface area contributed by atoms with Crippen LogP contribution in [0.4, 0.5) is 5.69 Å². The number of halogens is 1. The molecule has 4 aromatic rings. The first-order valence-electron chi connectivity index (χ1n) is 11.5. The maximum absolute atomic E-state index is 12.8. The molecule has 0 spiro atoms. The van der Waals surface area contributed by atoms with Gasteiger partial charge in [-0.1, -0.05) is 37.6 Å². The Balaban J connectivity index is 1.39. The number of nitrogens with zero attached hydrogens (tertiary/aromatic N) is 1. The van der Waals surface area contributed by atoms with Gasteiger partial charge in [0.25, 0.3) is 5.91 Å². The third-order valence-corrected chi connectivity index (χ3v) is 6.10. The zero-order valence-corrected chi connectivity index (χ0v) is 20.7. The van der Waals surface area contributed by atoms with Gasteiger partial charge < -0.3 is 15.0 Å². The second-order valence-corrected chi connectivity index (χ2v) is 9.67. The van der Waals surface area contributed by atoms with Gasteiger partial charge in [-0.3, -0.25) is 14.8 Å². The summed E-state index contributed by atoms with van der Waals surface area (Å²) >= 11 is 6.42. The summed E-state index contributed by atoms with van der Waals surface area (Å²) in [7, 11) is 0. The Hall–Kier alpha value is -3.88. The van der Waals surface area contributed by atoms with Crippen molar-refractivity contribution >= 4 is 40.1 Å². The molecule has 0 saturated heterocycles. The Kier molecular flexibility index (Phi) is 7.57. The molecule has 0 unspecified atom stereocenters. The van der Waals surface area contributed by atoms with Gasteiger partial charge in [0.05, 0.1) is 22.7 Å². The average molecular weight is 507 g/mol. The van der Waals surface area contributed by atoms with Gasteiger partial charge in [0.2, 0.25) is 5.91 Å². The van der Waals surface area contributed by atoms with Gasteiger partial charge in [-0.25, -0.2) is 10.5 Å². The predicted molar refractivity (Wildman–Crippen MR) is 139 cm³/mol. The Morgan fingerprint density at radius 2 is 1.83 bits per heavy atom.